The van der Waals surface area contributed by atoms with Crippen LogP contribution in [0.25, 0.3) is 0 Å². The van der Waals surface area contributed by atoms with Crippen LogP contribution in [0.2, 0.25) is 0 Å². The van der Waals surface area contributed by atoms with Crippen LogP contribution in [0.5, 0.6) is 0 Å². The number of hydrogen-bond donors (Lipinski definition) is 0. The second-order valence-corrected chi connectivity index (χ2v) is 5.74. The Kier molecular flexibility index (Phi) is 2.53. The maximum Gasteiger partial charge on any atom is 0.271 e. The second-order valence-electron chi connectivity index (χ2n) is 5.74. The second kappa shape index (κ2) is 4.23. The molecule has 2 amide bonds. The summed E-state index contributed by atoms with van der Waals surface area (Å²) < 4.78 is 5.57. The Hall–Kier alpha value is -2.54. The lowest BCUT2D eigenvalue weighted by Crippen LogP contribution is -2.34. The highest BCUT2D eigenvalue weighted by molar-refractivity contribution is 6.23. The molecule has 3 aliphatic rings. The Bertz CT molecular complexity index is 726. The van der Waals surface area contributed by atoms with Crippen molar-refractivity contribution in [3.63, 3.8) is 0 Å². The molecule has 112 valence electrons. The largest absolute Gasteiger partial charge is 0.365 e. The van der Waals surface area contributed by atoms with Crippen LogP contribution in [-0.4, -0.2) is 28.9 Å². The number of imide groups is 1. The number of nitro groups is 1. The molecule has 3 heterocycles. The number of carbonyl (C=O) groups is 2. The Morgan fingerprint density at radius 2 is 1.73 bits per heavy atom. The molecule has 1 aromatic rings. The first-order valence-corrected chi connectivity index (χ1v) is 6.95. The maximum absolute atomic E-state index is 12.6. The number of aryl methyl sites for hydroxylation is 1. The van der Waals surface area contributed by atoms with E-state index in [9.17, 15) is 19.7 Å². The third-order valence-corrected chi connectivity index (χ3v) is 4.56. The molecule has 4 rings (SSSR count). The van der Waals surface area contributed by atoms with Gasteiger partial charge < -0.3 is 4.74 Å². The number of hydrogen-bond acceptors (Lipinski definition) is 5. The smallest absolute Gasteiger partial charge is 0.271 e. The van der Waals surface area contributed by atoms with E-state index in [1.807, 2.05) is 0 Å². The topological polar surface area (TPSA) is 89.8 Å². The number of ether oxygens (including phenoxy) is 1. The van der Waals surface area contributed by atoms with E-state index in [0.29, 0.717) is 5.56 Å². The van der Waals surface area contributed by atoms with Crippen LogP contribution in [0.3, 0.4) is 0 Å². The molecule has 22 heavy (non-hydrogen) atoms. The summed E-state index contributed by atoms with van der Waals surface area (Å²) >= 11 is 0. The van der Waals surface area contributed by atoms with Crippen molar-refractivity contribution in [1.29, 1.82) is 0 Å². The van der Waals surface area contributed by atoms with E-state index in [0.717, 1.165) is 4.90 Å². The van der Waals surface area contributed by atoms with Crippen LogP contribution >= 0.6 is 0 Å². The molecular weight excluding hydrogens is 288 g/mol. The number of carbonyl (C=O) groups excluding carboxylic acids is 2. The van der Waals surface area contributed by atoms with E-state index in [1.54, 1.807) is 25.1 Å². The minimum Gasteiger partial charge on any atom is -0.365 e. The van der Waals surface area contributed by atoms with Gasteiger partial charge in [0.2, 0.25) is 11.8 Å². The van der Waals surface area contributed by atoms with Crippen molar-refractivity contribution in [3.8, 4) is 0 Å². The normalized spacial score (nSPS) is 32.0. The lowest BCUT2D eigenvalue weighted by atomic mass is 9.85. The molecular formula is C15H12N2O5. The highest BCUT2D eigenvalue weighted by atomic mass is 16.6. The van der Waals surface area contributed by atoms with E-state index in [2.05, 4.69) is 0 Å². The fourth-order valence-corrected chi connectivity index (χ4v) is 3.49. The number of fused-ring (bicyclic) bond motifs is 5. The lowest BCUT2D eigenvalue weighted by Gasteiger charge is -2.19. The molecule has 0 N–H and O–H groups in total. The van der Waals surface area contributed by atoms with Crippen molar-refractivity contribution in [2.45, 2.75) is 19.1 Å². The van der Waals surface area contributed by atoms with Gasteiger partial charge in [0.25, 0.3) is 5.69 Å². The third-order valence-electron chi connectivity index (χ3n) is 4.56. The van der Waals surface area contributed by atoms with Crippen LogP contribution in [0.4, 0.5) is 11.4 Å². The lowest BCUT2D eigenvalue weighted by molar-refractivity contribution is -0.384. The van der Waals surface area contributed by atoms with E-state index >= 15 is 0 Å². The summed E-state index contributed by atoms with van der Waals surface area (Å²) in [6, 6.07) is 4.19. The van der Waals surface area contributed by atoms with E-state index < -0.39 is 16.8 Å². The molecule has 4 atom stereocenters. The average molecular weight is 300 g/mol. The van der Waals surface area contributed by atoms with Gasteiger partial charge in [-0.05, 0) is 12.5 Å². The van der Waals surface area contributed by atoms with Gasteiger partial charge in [0.15, 0.2) is 0 Å². The van der Waals surface area contributed by atoms with Gasteiger partial charge in [-0.25, -0.2) is 4.90 Å². The Balaban J connectivity index is 1.79. The fraction of sp³-hybridized carbons (Fsp3) is 0.333. The first-order chi connectivity index (χ1) is 10.5. The van der Waals surface area contributed by atoms with Gasteiger partial charge in [0.05, 0.1) is 34.7 Å². The molecule has 2 fully saturated rings. The van der Waals surface area contributed by atoms with Crippen molar-refractivity contribution in [1.82, 2.24) is 0 Å². The zero-order valence-electron chi connectivity index (χ0n) is 11.6. The summed E-state index contributed by atoms with van der Waals surface area (Å²) in [7, 11) is 0. The first kappa shape index (κ1) is 13.1. The number of nitro benzene ring substituents is 1. The number of amides is 2. The summed E-state index contributed by atoms with van der Waals surface area (Å²) in [5.41, 5.74) is 0.794. The summed E-state index contributed by atoms with van der Waals surface area (Å²) in [6.07, 6.45) is 2.88. The molecule has 0 aromatic heterocycles. The highest BCUT2D eigenvalue weighted by Gasteiger charge is 2.61. The third kappa shape index (κ3) is 1.54. The molecule has 7 heteroatoms. The van der Waals surface area contributed by atoms with Gasteiger partial charge >= 0.3 is 0 Å². The number of nitrogens with zero attached hydrogens (tertiary/aromatic N) is 2. The molecule has 0 spiro atoms. The van der Waals surface area contributed by atoms with Gasteiger partial charge in [-0.1, -0.05) is 18.2 Å². The molecule has 2 bridgehead atoms. The van der Waals surface area contributed by atoms with Crippen LogP contribution in [-0.2, 0) is 14.3 Å². The number of benzene rings is 1. The maximum atomic E-state index is 12.6. The zero-order chi connectivity index (χ0) is 15.6. The van der Waals surface area contributed by atoms with Crippen LogP contribution in [0.15, 0.2) is 30.4 Å². The van der Waals surface area contributed by atoms with Gasteiger partial charge in [-0.2, -0.15) is 0 Å². The van der Waals surface area contributed by atoms with Crippen molar-refractivity contribution in [2.24, 2.45) is 11.8 Å². The molecule has 0 saturated carbocycles. The zero-order valence-corrected chi connectivity index (χ0v) is 11.6. The van der Waals surface area contributed by atoms with Crippen LogP contribution in [0, 0.1) is 28.9 Å². The van der Waals surface area contributed by atoms with Crippen LogP contribution in [0.1, 0.15) is 5.56 Å². The van der Waals surface area contributed by atoms with E-state index in [4.69, 9.17) is 4.74 Å². The molecule has 2 saturated heterocycles. The monoisotopic (exact) mass is 300 g/mol. The predicted octanol–water partition coefficient (Wildman–Crippen LogP) is 1.35. The van der Waals surface area contributed by atoms with Gasteiger partial charge in [-0.3, -0.25) is 19.7 Å². The first-order valence-electron chi connectivity index (χ1n) is 6.95. The number of rotatable bonds is 2. The average Bonchev–Trinajstić information content (AvgIpc) is 3.14. The molecule has 0 unspecified atom stereocenters. The van der Waals surface area contributed by atoms with Gasteiger partial charge in [-0.15, -0.1) is 0 Å². The van der Waals surface area contributed by atoms with E-state index in [-0.39, 0.29) is 35.4 Å². The Morgan fingerprint density at radius 1 is 1.14 bits per heavy atom. The summed E-state index contributed by atoms with van der Waals surface area (Å²) in [5.74, 6) is -1.70. The Labute approximate surface area is 125 Å². The Morgan fingerprint density at radius 3 is 2.27 bits per heavy atom. The molecule has 7 nitrogen and oxygen atoms in total. The van der Waals surface area contributed by atoms with Crippen molar-refractivity contribution >= 4 is 23.2 Å². The number of anilines is 1. The minimum atomic E-state index is -0.539. The highest BCUT2D eigenvalue weighted by Crippen LogP contribution is 2.46. The predicted molar refractivity (Wildman–Crippen MR) is 75.1 cm³/mol. The molecule has 3 aliphatic heterocycles. The minimum absolute atomic E-state index is 0.143. The van der Waals surface area contributed by atoms with Crippen molar-refractivity contribution in [3.05, 3.63) is 46.0 Å². The van der Waals surface area contributed by atoms with Gasteiger partial charge in [0, 0.05) is 12.1 Å². The molecule has 0 aliphatic carbocycles. The summed E-state index contributed by atoms with van der Waals surface area (Å²) in [5, 5.41) is 10.9. The summed E-state index contributed by atoms with van der Waals surface area (Å²) in [6.45, 7) is 1.72. The molecule has 1 aromatic carbocycles. The van der Waals surface area contributed by atoms with Crippen LogP contribution < -0.4 is 4.90 Å². The quantitative estimate of drug-likeness (QED) is 0.356. The van der Waals surface area contributed by atoms with Gasteiger partial charge in [0.1, 0.15) is 0 Å². The molecule has 0 radical (unpaired) electrons. The SMILES string of the molecule is Cc1ccc([N+](=O)[O-])cc1N1C(=O)[C@@H]2[C@@H](C1=O)[C@@H]1C=C[C@@H]2O1. The van der Waals surface area contributed by atoms with E-state index in [1.165, 1.54) is 12.1 Å². The standard InChI is InChI=1S/C15H12N2O5/c1-7-2-3-8(17(20)21)6-9(7)16-14(18)12-10-4-5-11(22-10)13(12)15(16)19/h2-6,10-13H,1H3/t10-,11-,12-,13-/m0/s1. The van der Waals surface area contributed by atoms with Crippen molar-refractivity contribution in [2.75, 3.05) is 4.90 Å². The van der Waals surface area contributed by atoms with Crippen molar-refractivity contribution < 1.29 is 19.2 Å². The summed E-state index contributed by atoms with van der Waals surface area (Å²) in [4.78, 5) is 36.8. The number of non-ortho nitro benzene ring substituents is 1. The fourth-order valence-electron chi connectivity index (χ4n) is 3.49.